The standard InChI is InChI=1S/C8H19NO4.C6H15NO2.C5H13NO2.C5H13NO/c1-3-5(10)7(12)8(13)6(11)4-9-2;1-5(8)3-7-4-6(2)9;1-2-5(6,3-7)4-8;1-2-3-6-4-5-7/h5-13H,3-4H2,1-2H3;5-9H,3-4H2,1-2H3;7-8H,2-4,6H2,1H3;6-7H,2-5H2,1H3. The Kier molecular flexibility index (Phi) is 35.3. The highest BCUT2D eigenvalue weighted by Crippen LogP contribution is 2.07. The van der Waals surface area contributed by atoms with Crippen molar-refractivity contribution in [3.05, 3.63) is 0 Å². The van der Waals surface area contributed by atoms with Crippen molar-refractivity contribution in [3.8, 4) is 0 Å². The summed E-state index contributed by atoms with van der Waals surface area (Å²) in [5.41, 5.74) is 4.63. The van der Waals surface area contributed by atoms with Crippen LogP contribution in [0.3, 0.4) is 0 Å². The van der Waals surface area contributed by atoms with Gasteiger partial charge in [-0.2, -0.15) is 0 Å². The molecule has 0 aromatic rings. The summed E-state index contributed by atoms with van der Waals surface area (Å²) in [7, 11) is 1.62. The molecule has 0 saturated heterocycles. The Morgan fingerprint density at radius 2 is 1.16 bits per heavy atom. The molecule has 0 bridgehead atoms. The first-order valence-corrected chi connectivity index (χ1v) is 13.0. The SMILES string of the molecule is CC(O)CNCC(C)O.CCC(N)(CO)CO.CCC(O)C(O)C(O)C(O)CNC.CCCNCCO. The molecule has 0 radical (unpaired) electrons. The molecule has 0 amide bonds. The van der Waals surface area contributed by atoms with Crippen LogP contribution in [0.4, 0.5) is 0 Å². The second-order valence-electron chi connectivity index (χ2n) is 8.94. The second-order valence-corrected chi connectivity index (χ2v) is 8.94. The van der Waals surface area contributed by atoms with Gasteiger partial charge in [-0.25, -0.2) is 0 Å². The van der Waals surface area contributed by atoms with E-state index in [9.17, 15) is 20.4 Å². The van der Waals surface area contributed by atoms with Gasteiger partial charge in [-0.1, -0.05) is 20.8 Å². The third-order valence-electron chi connectivity index (χ3n) is 4.90. The summed E-state index contributed by atoms with van der Waals surface area (Å²) >= 11 is 0. The summed E-state index contributed by atoms with van der Waals surface area (Å²) in [5, 5.41) is 88.3. The van der Waals surface area contributed by atoms with Crippen LogP contribution in [0.2, 0.25) is 0 Å². The van der Waals surface area contributed by atoms with E-state index in [0.717, 1.165) is 19.5 Å². The molecule has 13 nitrogen and oxygen atoms in total. The highest BCUT2D eigenvalue weighted by molar-refractivity contribution is 4.81. The summed E-state index contributed by atoms with van der Waals surface area (Å²) in [4.78, 5) is 0. The predicted octanol–water partition coefficient (Wildman–Crippen LogP) is -3.55. The van der Waals surface area contributed by atoms with Crippen LogP contribution in [0.25, 0.3) is 0 Å². The van der Waals surface area contributed by atoms with Gasteiger partial charge < -0.3 is 67.6 Å². The molecule has 0 fully saturated rings. The van der Waals surface area contributed by atoms with Crippen LogP contribution in [0.1, 0.15) is 53.9 Å². The summed E-state index contributed by atoms with van der Waals surface area (Å²) in [5.74, 6) is 0. The van der Waals surface area contributed by atoms with E-state index in [4.69, 9.17) is 31.3 Å². The third-order valence-corrected chi connectivity index (χ3v) is 4.90. The molecular formula is C24H60N4O9. The van der Waals surface area contributed by atoms with Crippen LogP contribution >= 0.6 is 0 Å². The van der Waals surface area contributed by atoms with Gasteiger partial charge in [0.1, 0.15) is 12.2 Å². The zero-order chi connectivity index (χ0) is 29.9. The molecule has 14 N–H and O–H groups in total. The molecular weight excluding hydrogens is 488 g/mol. The highest BCUT2D eigenvalue weighted by Gasteiger charge is 2.28. The van der Waals surface area contributed by atoms with Crippen molar-refractivity contribution >= 4 is 0 Å². The van der Waals surface area contributed by atoms with Gasteiger partial charge in [-0.15, -0.1) is 0 Å². The molecule has 6 atom stereocenters. The van der Waals surface area contributed by atoms with Crippen LogP contribution in [0.5, 0.6) is 0 Å². The summed E-state index contributed by atoms with van der Waals surface area (Å²) < 4.78 is 0. The third kappa shape index (κ3) is 31.6. The average Bonchev–Trinajstić information content (AvgIpc) is 2.88. The zero-order valence-electron chi connectivity index (χ0n) is 23.8. The first-order valence-electron chi connectivity index (χ1n) is 13.0. The number of hydrogen-bond donors (Lipinski definition) is 13. The van der Waals surface area contributed by atoms with E-state index in [-0.39, 0.29) is 38.6 Å². The maximum Gasteiger partial charge on any atom is 0.109 e. The molecule has 6 unspecified atom stereocenters. The van der Waals surface area contributed by atoms with Gasteiger partial charge in [-0.05, 0) is 46.7 Å². The molecule has 0 aromatic carbocycles. The lowest BCUT2D eigenvalue weighted by Gasteiger charge is -2.25. The van der Waals surface area contributed by atoms with E-state index in [1.165, 1.54) is 0 Å². The summed E-state index contributed by atoms with van der Waals surface area (Å²) in [6.45, 7) is 12.0. The number of rotatable bonds is 17. The van der Waals surface area contributed by atoms with E-state index in [2.05, 4.69) is 22.9 Å². The van der Waals surface area contributed by atoms with E-state index in [1.807, 2.05) is 6.92 Å². The van der Waals surface area contributed by atoms with Crippen molar-refractivity contribution in [2.24, 2.45) is 5.73 Å². The predicted molar refractivity (Wildman–Crippen MR) is 146 cm³/mol. The molecule has 230 valence electrons. The number of hydrogen-bond acceptors (Lipinski definition) is 13. The van der Waals surface area contributed by atoms with E-state index >= 15 is 0 Å². The fraction of sp³-hybridized carbons (Fsp3) is 1.00. The van der Waals surface area contributed by atoms with Gasteiger partial charge in [0.25, 0.3) is 0 Å². The quantitative estimate of drug-likeness (QED) is 0.0788. The maximum absolute atomic E-state index is 9.32. The molecule has 0 saturated carbocycles. The monoisotopic (exact) mass is 548 g/mol. The number of nitrogens with two attached hydrogens (primary N) is 1. The van der Waals surface area contributed by atoms with Gasteiger partial charge in [0.05, 0.1) is 49.8 Å². The highest BCUT2D eigenvalue weighted by atomic mass is 16.4. The van der Waals surface area contributed by atoms with Crippen LogP contribution < -0.4 is 21.7 Å². The van der Waals surface area contributed by atoms with E-state index in [1.54, 1.807) is 27.8 Å². The molecule has 0 spiro atoms. The van der Waals surface area contributed by atoms with Gasteiger partial charge in [0, 0.05) is 26.2 Å². The van der Waals surface area contributed by atoms with Crippen molar-refractivity contribution in [2.45, 2.75) is 96.0 Å². The average molecular weight is 549 g/mol. The van der Waals surface area contributed by atoms with E-state index < -0.39 is 30.0 Å². The Hall–Kier alpha value is -0.520. The number of nitrogens with one attached hydrogen (secondary N) is 3. The Balaban J connectivity index is -0.000000202. The normalized spacial score (nSPS) is 15.9. The van der Waals surface area contributed by atoms with Crippen molar-refractivity contribution < 1.29 is 46.0 Å². The summed E-state index contributed by atoms with van der Waals surface area (Å²) in [6.07, 6.45) is -3.27. The van der Waals surface area contributed by atoms with Crippen molar-refractivity contribution in [3.63, 3.8) is 0 Å². The minimum absolute atomic E-state index is 0.153. The van der Waals surface area contributed by atoms with Crippen LogP contribution in [-0.2, 0) is 0 Å². The smallest absolute Gasteiger partial charge is 0.109 e. The van der Waals surface area contributed by atoms with Crippen LogP contribution in [0, 0.1) is 0 Å². The largest absolute Gasteiger partial charge is 0.395 e. The van der Waals surface area contributed by atoms with Crippen molar-refractivity contribution in [1.82, 2.24) is 16.0 Å². The zero-order valence-corrected chi connectivity index (χ0v) is 23.8. The molecule has 0 heterocycles. The summed E-state index contributed by atoms with van der Waals surface area (Å²) in [6, 6.07) is 0. The number of likely N-dealkylation sites (N-methyl/N-ethyl adjacent to an activating group) is 1. The first-order chi connectivity index (χ1) is 17.3. The minimum atomic E-state index is -1.32. The molecule has 0 rings (SSSR count). The number of aliphatic hydroxyl groups is 9. The fourth-order valence-corrected chi connectivity index (χ4v) is 2.18. The molecule has 0 aromatic heterocycles. The Morgan fingerprint density at radius 1 is 0.703 bits per heavy atom. The minimum Gasteiger partial charge on any atom is -0.395 e. The lowest BCUT2D eigenvalue weighted by atomic mass is 10.0. The number of aliphatic hydroxyl groups excluding tert-OH is 9. The molecule has 0 aliphatic heterocycles. The van der Waals surface area contributed by atoms with E-state index in [0.29, 0.717) is 25.9 Å². The topological polar surface area (TPSA) is 244 Å². The second kappa shape index (κ2) is 30.0. The molecule has 13 heteroatoms. The van der Waals surface area contributed by atoms with Crippen molar-refractivity contribution in [1.29, 1.82) is 0 Å². The first kappa shape index (κ1) is 43.5. The lowest BCUT2D eigenvalue weighted by molar-refractivity contribution is -0.104. The molecule has 0 aliphatic rings. The Bertz CT molecular complexity index is 415. The van der Waals surface area contributed by atoms with Gasteiger partial charge in [0.15, 0.2) is 0 Å². The van der Waals surface area contributed by atoms with Crippen LogP contribution in [0.15, 0.2) is 0 Å². The van der Waals surface area contributed by atoms with Gasteiger partial charge in [-0.3, -0.25) is 0 Å². The Morgan fingerprint density at radius 3 is 1.43 bits per heavy atom. The van der Waals surface area contributed by atoms with Crippen LogP contribution in [-0.4, -0.2) is 148 Å². The molecule has 0 aliphatic carbocycles. The van der Waals surface area contributed by atoms with Gasteiger partial charge >= 0.3 is 0 Å². The van der Waals surface area contributed by atoms with Crippen molar-refractivity contribution in [2.75, 3.05) is 59.6 Å². The fourth-order valence-electron chi connectivity index (χ4n) is 2.18. The maximum atomic E-state index is 9.32. The molecule has 37 heavy (non-hydrogen) atoms. The lowest BCUT2D eigenvalue weighted by Crippen LogP contribution is -2.47. The Labute approximate surface area is 223 Å². The van der Waals surface area contributed by atoms with Gasteiger partial charge in [0.2, 0.25) is 0 Å².